The number of benzene rings is 3. The number of likely N-dealkylation sites (tertiary alicyclic amines) is 1. The van der Waals surface area contributed by atoms with Gasteiger partial charge in [-0.15, -0.1) is 0 Å². The van der Waals surface area contributed by atoms with Crippen molar-refractivity contribution in [1.29, 1.82) is 0 Å². The number of nitrogens with zero attached hydrogens (tertiary/aromatic N) is 1. The van der Waals surface area contributed by atoms with Crippen LogP contribution in [-0.2, 0) is 6.42 Å². The molecule has 0 bridgehead atoms. The van der Waals surface area contributed by atoms with Gasteiger partial charge in [0.05, 0.1) is 18.8 Å². The minimum absolute atomic E-state index is 0.184. The first-order chi connectivity index (χ1) is 18.4. The molecule has 0 aromatic heterocycles. The number of rotatable bonds is 8. The molecule has 0 amide bonds. The van der Waals surface area contributed by atoms with Crippen molar-refractivity contribution in [3.05, 3.63) is 98.5 Å². The molecule has 0 spiro atoms. The Kier molecular flexibility index (Phi) is 8.37. The topological polar surface area (TPSA) is 49.8 Å². The summed E-state index contributed by atoms with van der Waals surface area (Å²) in [7, 11) is 0. The Morgan fingerprint density at radius 3 is 2.58 bits per heavy atom. The third kappa shape index (κ3) is 5.90. The van der Waals surface area contributed by atoms with Crippen molar-refractivity contribution < 1.29 is 19.0 Å². The molecule has 7 heteroatoms. The molecule has 2 heterocycles. The van der Waals surface area contributed by atoms with E-state index in [1.54, 1.807) is 18.2 Å². The fourth-order valence-corrected chi connectivity index (χ4v) is 6.09. The normalized spacial score (nSPS) is 17.7. The van der Waals surface area contributed by atoms with Crippen molar-refractivity contribution >= 4 is 40.3 Å². The second-order valence-corrected chi connectivity index (χ2v) is 10.8. The molecule has 1 unspecified atom stereocenters. The summed E-state index contributed by atoms with van der Waals surface area (Å²) in [6.07, 6.45) is 3.33. The molecule has 198 valence electrons. The van der Waals surface area contributed by atoms with Gasteiger partial charge in [-0.05, 0) is 89.9 Å². The molecule has 1 fully saturated rings. The summed E-state index contributed by atoms with van der Waals surface area (Å²) in [5, 5.41) is 10.6. The second kappa shape index (κ2) is 11.9. The zero-order valence-electron chi connectivity index (χ0n) is 21.1. The lowest BCUT2D eigenvalue weighted by Gasteiger charge is -2.18. The van der Waals surface area contributed by atoms with E-state index in [9.17, 15) is 14.3 Å². The number of carbonyl (C=O) groups is 1. The molecule has 0 radical (unpaired) electrons. The number of hydrogen-bond donors (Lipinski definition) is 1. The summed E-state index contributed by atoms with van der Waals surface area (Å²) >= 11 is 12.9. The molecular formula is C31H30Cl2FNO3. The van der Waals surface area contributed by atoms with E-state index in [2.05, 4.69) is 29.2 Å². The van der Waals surface area contributed by atoms with Gasteiger partial charge in [-0.1, -0.05) is 53.5 Å². The van der Waals surface area contributed by atoms with E-state index in [4.69, 9.17) is 27.9 Å². The van der Waals surface area contributed by atoms with Crippen LogP contribution < -0.4 is 4.74 Å². The molecule has 3 aromatic rings. The predicted molar refractivity (Wildman–Crippen MR) is 151 cm³/mol. The summed E-state index contributed by atoms with van der Waals surface area (Å²) in [5.41, 5.74) is 6.19. The van der Waals surface area contributed by atoms with Crippen molar-refractivity contribution in [2.75, 3.05) is 32.9 Å². The first kappa shape index (κ1) is 26.7. The van der Waals surface area contributed by atoms with Gasteiger partial charge in [-0.2, -0.15) is 0 Å². The van der Waals surface area contributed by atoms with Crippen LogP contribution in [0, 0.1) is 5.92 Å². The van der Waals surface area contributed by atoms with Crippen LogP contribution in [0.2, 0.25) is 10.0 Å². The zero-order chi connectivity index (χ0) is 26.6. The van der Waals surface area contributed by atoms with E-state index < -0.39 is 5.97 Å². The van der Waals surface area contributed by atoms with E-state index in [-0.39, 0.29) is 12.2 Å². The molecule has 5 rings (SSSR count). The first-order valence-electron chi connectivity index (χ1n) is 13.0. The highest BCUT2D eigenvalue weighted by Gasteiger charge is 2.25. The van der Waals surface area contributed by atoms with Gasteiger partial charge in [0.15, 0.2) is 0 Å². The number of carboxylic acid groups (broad SMARTS) is 1. The smallest absolute Gasteiger partial charge is 0.335 e. The Balaban J connectivity index is 1.51. The summed E-state index contributed by atoms with van der Waals surface area (Å²) in [6, 6.07) is 19.1. The predicted octanol–water partition coefficient (Wildman–Crippen LogP) is 7.66. The van der Waals surface area contributed by atoms with Gasteiger partial charge in [-0.25, -0.2) is 4.79 Å². The van der Waals surface area contributed by atoms with Crippen molar-refractivity contribution in [3.8, 4) is 5.75 Å². The van der Waals surface area contributed by atoms with Crippen LogP contribution in [-0.4, -0.2) is 48.9 Å². The molecule has 2 aliphatic heterocycles. The lowest BCUT2D eigenvalue weighted by atomic mass is 9.87. The molecule has 3 aromatic carbocycles. The van der Waals surface area contributed by atoms with E-state index in [1.165, 1.54) is 5.56 Å². The van der Waals surface area contributed by atoms with Crippen molar-refractivity contribution in [3.63, 3.8) is 0 Å². The first-order valence-corrected chi connectivity index (χ1v) is 13.7. The standard InChI is InChI=1S/C31H30Cl2FNO3/c32-24-7-9-25(28(33)18-24)26-11-15-38-29-17-23(31(36)37)6-8-27(29)30(26)22-4-2-20(3-5-22)16-21-10-14-35(19-21)13-1-12-34/h2-9,17-18,21H,1,10-16,19H2,(H,36,37). The lowest BCUT2D eigenvalue weighted by Crippen LogP contribution is -2.22. The number of hydrogen-bond acceptors (Lipinski definition) is 3. The fourth-order valence-electron chi connectivity index (χ4n) is 5.57. The number of ether oxygens (including phenoxy) is 1. The van der Waals surface area contributed by atoms with Gasteiger partial charge >= 0.3 is 5.97 Å². The second-order valence-electron chi connectivity index (χ2n) is 9.99. The quantitative estimate of drug-likeness (QED) is 0.311. The monoisotopic (exact) mass is 553 g/mol. The van der Waals surface area contributed by atoms with E-state index in [0.29, 0.717) is 41.2 Å². The Hall–Kier alpha value is -2.86. The highest BCUT2D eigenvalue weighted by atomic mass is 35.5. The largest absolute Gasteiger partial charge is 0.493 e. The maximum absolute atomic E-state index is 12.6. The van der Waals surface area contributed by atoms with Gasteiger partial charge in [-0.3, -0.25) is 4.39 Å². The molecular weight excluding hydrogens is 524 g/mol. The lowest BCUT2D eigenvalue weighted by molar-refractivity contribution is 0.0696. The molecule has 1 atom stereocenters. The van der Waals surface area contributed by atoms with Crippen LogP contribution in [0.1, 0.15) is 51.9 Å². The maximum Gasteiger partial charge on any atom is 0.335 e. The van der Waals surface area contributed by atoms with Crippen LogP contribution in [0.25, 0.3) is 11.1 Å². The molecule has 1 saturated heterocycles. The van der Waals surface area contributed by atoms with Gasteiger partial charge < -0.3 is 14.7 Å². The molecule has 2 aliphatic rings. The van der Waals surface area contributed by atoms with Crippen molar-refractivity contribution in [1.82, 2.24) is 4.90 Å². The number of carboxylic acids is 1. The van der Waals surface area contributed by atoms with E-state index in [1.807, 2.05) is 18.2 Å². The minimum Gasteiger partial charge on any atom is -0.493 e. The van der Waals surface area contributed by atoms with Gasteiger partial charge in [0.2, 0.25) is 0 Å². The summed E-state index contributed by atoms with van der Waals surface area (Å²) in [4.78, 5) is 14.0. The summed E-state index contributed by atoms with van der Waals surface area (Å²) in [5.74, 6) is 0.125. The Bertz CT molecular complexity index is 1360. The molecule has 38 heavy (non-hydrogen) atoms. The molecule has 4 nitrogen and oxygen atoms in total. The van der Waals surface area contributed by atoms with Gasteiger partial charge in [0, 0.05) is 35.1 Å². The van der Waals surface area contributed by atoms with Crippen molar-refractivity contribution in [2.24, 2.45) is 5.92 Å². The Morgan fingerprint density at radius 2 is 1.84 bits per heavy atom. The zero-order valence-corrected chi connectivity index (χ0v) is 22.6. The fraction of sp³-hybridized carbons (Fsp3) is 0.323. The number of fused-ring (bicyclic) bond motifs is 1. The number of alkyl halides is 1. The van der Waals surface area contributed by atoms with Crippen LogP contribution >= 0.6 is 23.2 Å². The highest BCUT2D eigenvalue weighted by molar-refractivity contribution is 6.36. The molecule has 0 aliphatic carbocycles. The van der Waals surface area contributed by atoms with E-state index >= 15 is 0 Å². The van der Waals surface area contributed by atoms with Gasteiger partial charge in [0.25, 0.3) is 0 Å². The maximum atomic E-state index is 12.6. The van der Waals surface area contributed by atoms with Crippen molar-refractivity contribution in [2.45, 2.75) is 25.7 Å². The van der Waals surface area contributed by atoms with Crippen LogP contribution in [0.3, 0.4) is 0 Å². The highest BCUT2D eigenvalue weighted by Crippen LogP contribution is 2.43. The third-order valence-corrected chi connectivity index (χ3v) is 7.96. The molecule has 0 saturated carbocycles. The van der Waals surface area contributed by atoms with Gasteiger partial charge in [0.1, 0.15) is 5.75 Å². The van der Waals surface area contributed by atoms with E-state index in [0.717, 1.165) is 60.3 Å². The minimum atomic E-state index is -0.994. The third-order valence-electron chi connectivity index (χ3n) is 7.41. The number of aromatic carboxylic acids is 1. The average molecular weight is 554 g/mol. The SMILES string of the molecule is O=C(O)c1ccc2c(c1)OCCC(c1ccc(Cl)cc1Cl)=C2c1ccc(CC2CCN(CCCF)C2)cc1. The average Bonchev–Trinajstić information content (AvgIpc) is 3.26. The summed E-state index contributed by atoms with van der Waals surface area (Å²) < 4.78 is 18.6. The number of halogens is 3. The Morgan fingerprint density at radius 1 is 1.05 bits per heavy atom. The Labute approximate surface area is 232 Å². The summed E-state index contributed by atoms with van der Waals surface area (Å²) in [6.45, 7) is 3.03. The van der Waals surface area contributed by atoms with Crippen LogP contribution in [0.4, 0.5) is 4.39 Å². The molecule has 1 N–H and O–H groups in total. The van der Waals surface area contributed by atoms with Crippen LogP contribution in [0.15, 0.2) is 60.7 Å². The van der Waals surface area contributed by atoms with Crippen LogP contribution in [0.5, 0.6) is 5.75 Å².